The molecule has 1 N–H and O–H groups in total. The van der Waals surface area contributed by atoms with Gasteiger partial charge in [-0.2, -0.15) is 0 Å². The molecule has 1 aromatic carbocycles. The van der Waals surface area contributed by atoms with Gasteiger partial charge in [-0.1, -0.05) is 37.6 Å². The summed E-state index contributed by atoms with van der Waals surface area (Å²) in [6.07, 6.45) is -0.371. The molecule has 86 valence electrons. The average Bonchev–Trinajstić information content (AvgIpc) is 2.22. The summed E-state index contributed by atoms with van der Waals surface area (Å²) in [4.78, 5) is 11.3. The van der Waals surface area contributed by atoms with Crippen molar-refractivity contribution in [2.24, 2.45) is 5.41 Å². The molecule has 4 heteroatoms. The van der Waals surface area contributed by atoms with Crippen molar-refractivity contribution in [3.05, 3.63) is 34.9 Å². The molecule has 3 nitrogen and oxygen atoms in total. The maximum absolute atomic E-state index is 11.3. The number of ether oxygens (including phenoxy) is 1. The van der Waals surface area contributed by atoms with E-state index in [9.17, 15) is 4.79 Å². The Morgan fingerprint density at radius 3 is 2.94 bits per heavy atom. The van der Waals surface area contributed by atoms with Crippen LogP contribution in [-0.4, -0.2) is 12.7 Å². The molecule has 1 aliphatic heterocycles. The Hall–Kier alpha value is -1.22. The fraction of sp³-hybridized carbons (Fsp3) is 0.417. The quantitative estimate of drug-likeness (QED) is 0.818. The van der Waals surface area contributed by atoms with Crippen LogP contribution in [-0.2, 0) is 4.74 Å². The van der Waals surface area contributed by atoms with Crippen LogP contribution >= 0.6 is 11.6 Å². The predicted molar refractivity (Wildman–Crippen MR) is 62.5 cm³/mol. The fourth-order valence-electron chi connectivity index (χ4n) is 1.91. The number of carbonyl (C=O) groups excluding carboxylic acids is 1. The minimum Gasteiger partial charge on any atom is -0.449 e. The Bertz CT molecular complexity index is 417. The van der Waals surface area contributed by atoms with E-state index in [2.05, 4.69) is 19.2 Å². The van der Waals surface area contributed by atoms with E-state index in [0.717, 1.165) is 5.56 Å². The summed E-state index contributed by atoms with van der Waals surface area (Å²) in [5.74, 6) is 0. The number of halogens is 1. The normalized spacial score (nSPS) is 23.4. The number of benzene rings is 1. The summed E-state index contributed by atoms with van der Waals surface area (Å²) >= 11 is 5.95. The molecule has 0 spiro atoms. The minimum atomic E-state index is -0.371. The van der Waals surface area contributed by atoms with E-state index in [4.69, 9.17) is 16.3 Å². The first-order valence-electron chi connectivity index (χ1n) is 5.18. The molecule has 1 heterocycles. The molecular weight excluding hydrogens is 226 g/mol. The van der Waals surface area contributed by atoms with Crippen LogP contribution < -0.4 is 5.32 Å². The largest absolute Gasteiger partial charge is 0.449 e. The third-order valence-electron chi connectivity index (χ3n) is 2.80. The molecule has 2 rings (SSSR count). The van der Waals surface area contributed by atoms with E-state index in [1.165, 1.54) is 0 Å². The zero-order chi connectivity index (χ0) is 11.8. The van der Waals surface area contributed by atoms with Crippen molar-refractivity contribution in [1.29, 1.82) is 0 Å². The Balaban J connectivity index is 2.33. The molecule has 1 aromatic rings. The number of carbonyl (C=O) groups is 1. The highest BCUT2D eigenvalue weighted by atomic mass is 35.5. The lowest BCUT2D eigenvalue weighted by molar-refractivity contribution is 0.0387. The lowest BCUT2D eigenvalue weighted by Crippen LogP contribution is -2.46. The second kappa shape index (κ2) is 3.98. The lowest BCUT2D eigenvalue weighted by atomic mass is 9.80. The highest BCUT2D eigenvalue weighted by Gasteiger charge is 2.37. The number of hydrogen-bond acceptors (Lipinski definition) is 2. The first kappa shape index (κ1) is 11.3. The van der Waals surface area contributed by atoms with Crippen molar-refractivity contribution >= 4 is 17.7 Å². The van der Waals surface area contributed by atoms with Crippen molar-refractivity contribution in [1.82, 2.24) is 5.32 Å². The molecule has 0 bridgehead atoms. The molecule has 0 saturated carbocycles. The van der Waals surface area contributed by atoms with E-state index in [-0.39, 0.29) is 17.6 Å². The summed E-state index contributed by atoms with van der Waals surface area (Å²) in [6, 6.07) is 7.48. The third-order valence-corrected chi connectivity index (χ3v) is 3.04. The Kier molecular flexibility index (Phi) is 2.80. The summed E-state index contributed by atoms with van der Waals surface area (Å²) < 4.78 is 4.99. The third kappa shape index (κ3) is 2.14. The van der Waals surface area contributed by atoms with Gasteiger partial charge in [0, 0.05) is 10.4 Å². The first-order valence-corrected chi connectivity index (χ1v) is 5.55. The number of cyclic esters (lactones) is 1. The highest BCUT2D eigenvalue weighted by Crippen LogP contribution is 2.36. The molecule has 0 unspecified atom stereocenters. The molecular formula is C12H14ClNO2. The van der Waals surface area contributed by atoms with Crippen molar-refractivity contribution in [3.63, 3.8) is 0 Å². The fourth-order valence-corrected chi connectivity index (χ4v) is 2.11. The number of alkyl carbamates (subject to hydrolysis) is 1. The molecule has 1 fully saturated rings. The van der Waals surface area contributed by atoms with Gasteiger partial charge < -0.3 is 10.1 Å². The van der Waals surface area contributed by atoms with E-state index in [0.29, 0.717) is 11.6 Å². The Morgan fingerprint density at radius 1 is 1.50 bits per heavy atom. The average molecular weight is 240 g/mol. The molecule has 16 heavy (non-hydrogen) atoms. The summed E-state index contributed by atoms with van der Waals surface area (Å²) in [6.45, 7) is 4.52. The number of rotatable bonds is 1. The summed E-state index contributed by atoms with van der Waals surface area (Å²) in [7, 11) is 0. The zero-order valence-electron chi connectivity index (χ0n) is 9.29. The molecule has 1 saturated heterocycles. The summed E-state index contributed by atoms with van der Waals surface area (Å²) in [5.41, 5.74) is 0.868. The smallest absolute Gasteiger partial charge is 0.407 e. The Labute approximate surface area is 99.7 Å². The molecule has 0 radical (unpaired) electrons. The maximum Gasteiger partial charge on any atom is 0.407 e. The van der Waals surface area contributed by atoms with Gasteiger partial charge in [0.1, 0.15) is 6.61 Å². The second-order valence-electron chi connectivity index (χ2n) is 4.70. The van der Waals surface area contributed by atoms with Gasteiger partial charge in [-0.15, -0.1) is 0 Å². The first-order chi connectivity index (χ1) is 7.49. The molecule has 1 aliphatic rings. The SMILES string of the molecule is CC1(C)COC(=O)N[C@H]1c1cccc(Cl)c1. The van der Waals surface area contributed by atoms with Gasteiger partial charge in [0.05, 0.1) is 6.04 Å². The van der Waals surface area contributed by atoms with Crippen molar-refractivity contribution in [2.75, 3.05) is 6.61 Å². The van der Waals surface area contributed by atoms with Gasteiger partial charge in [-0.3, -0.25) is 0 Å². The number of nitrogens with one attached hydrogen (secondary N) is 1. The van der Waals surface area contributed by atoms with Crippen LogP contribution in [0.15, 0.2) is 24.3 Å². The van der Waals surface area contributed by atoms with E-state index < -0.39 is 0 Å². The second-order valence-corrected chi connectivity index (χ2v) is 5.13. The van der Waals surface area contributed by atoms with Crippen LogP contribution in [0.3, 0.4) is 0 Å². The number of amides is 1. The van der Waals surface area contributed by atoms with Crippen molar-refractivity contribution in [3.8, 4) is 0 Å². The van der Waals surface area contributed by atoms with Crippen molar-refractivity contribution in [2.45, 2.75) is 19.9 Å². The van der Waals surface area contributed by atoms with Crippen molar-refractivity contribution < 1.29 is 9.53 Å². The van der Waals surface area contributed by atoms with Gasteiger partial charge in [0.15, 0.2) is 0 Å². The van der Waals surface area contributed by atoms with E-state index in [1.54, 1.807) is 0 Å². The van der Waals surface area contributed by atoms with Gasteiger partial charge in [0.2, 0.25) is 0 Å². The summed E-state index contributed by atoms with van der Waals surface area (Å²) in [5, 5.41) is 3.51. The van der Waals surface area contributed by atoms with E-state index >= 15 is 0 Å². The zero-order valence-corrected chi connectivity index (χ0v) is 10.0. The number of hydrogen-bond donors (Lipinski definition) is 1. The topological polar surface area (TPSA) is 38.3 Å². The predicted octanol–water partition coefficient (Wildman–Crippen LogP) is 3.15. The van der Waals surface area contributed by atoms with Gasteiger partial charge >= 0.3 is 6.09 Å². The molecule has 1 atom stereocenters. The molecule has 0 aliphatic carbocycles. The maximum atomic E-state index is 11.3. The monoisotopic (exact) mass is 239 g/mol. The van der Waals surface area contributed by atoms with Crippen LogP contribution in [0.5, 0.6) is 0 Å². The van der Waals surface area contributed by atoms with Gasteiger partial charge in [-0.25, -0.2) is 4.79 Å². The minimum absolute atomic E-state index is 0.0625. The lowest BCUT2D eigenvalue weighted by Gasteiger charge is -2.38. The van der Waals surface area contributed by atoms with Crippen LogP contribution in [0.2, 0.25) is 5.02 Å². The van der Waals surface area contributed by atoms with Crippen LogP contribution in [0, 0.1) is 5.41 Å². The van der Waals surface area contributed by atoms with E-state index in [1.807, 2.05) is 24.3 Å². The Morgan fingerprint density at radius 2 is 2.25 bits per heavy atom. The standard InChI is InChI=1S/C12H14ClNO2/c1-12(2)7-16-11(15)14-10(12)8-4-3-5-9(13)6-8/h3-6,10H,7H2,1-2H3,(H,14,15)/t10-/m0/s1. The van der Waals surface area contributed by atoms with Gasteiger partial charge in [0.25, 0.3) is 0 Å². The molecule has 1 amide bonds. The highest BCUT2D eigenvalue weighted by molar-refractivity contribution is 6.30. The van der Waals surface area contributed by atoms with Crippen LogP contribution in [0.4, 0.5) is 4.79 Å². The van der Waals surface area contributed by atoms with Gasteiger partial charge in [-0.05, 0) is 17.7 Å². The molecule has 0 aromatic heterocycles. The van der Waals surface area contributed by atoms with Crippen LogP contribution in [0.1, 0.15) is 25.5 Å². The van der Waals surface area contributed by atoms with Crippen LogP contribution in [0.25, 0.3) is 0 Å².